The van der Waals surface area contributed by atoms with Gasteiger partial charge in [-0.15, -0.1) is 0 Å². The van der Waals surface area contributed by atoms with Gasteiger partial charge in [0, 0.05) is 26.0 Å². The molecule has 2 heterocycles. The topological polar surface area (TPSA) is 81.8 Å². The van der Waals surface area contributed by atoms with Crippen molar-refractivity contribution in [1.82, 2.24) is 9.47 Å². The second kappa shape index (κ2) is 7.03. The van der Waals surface area contributed by atoms with Crippen molar-refractivity contribution in [3.8, 4) is 5.75 Å². The number of benzene rings is 1. The highest BCUT2D eigenvalue weighted by Gasteiger charge is 2.20. The molecular weight excluding hydrogens is 336 g/mol. The number of carbonyl (C=O) groups excluding carboxylic acids is 1. The number of fused-ring (bicyclic) bond motifs is 3. The Morgan fingerprint density at radius 1 is 1.23 bits per heavy atom. The van der Waals surface area contributed by atoms with Gasteiger partial charge in [0.2, 0.25) is 0 Å². The quantitative estimate of drug-likeness (QED) is 0.671. The van der Waals surface area contributed by atoms with Crippen molar-refractivity contribution in [2.45, 2.75) is 26.3 Å². The molecule has 0 unspecified atom stereocenters. The SMILES string of the molecule is CCCCn1c(=O)c2c(OC(=O)N(C)C)cc(=O)oc2c2ccccc21. The predicted molar refractivity (Wildman–Crippen MR) is 98.9 cm³/mol. The molecule has 0 bridgehead atoms. The number of nitrogens with zero attached hydrogens (tertiary/aromatic N) is 2. The van der Waals surface area contributed by atoms with Crippen LogP contribution in [0, 0.1) is 0 Å². The van der Waals surface area contributed by atoms with Crippen LogP contribution in [0.5, 0.6) is 5.75 Å². The van der Waals surface area contributed by atoms with E-state index in [2.05, 4.69) is 0 Å². The molecule has 0 aliphatic carbocycles. The van der Waals surface area contributed by atoms with E-state index in [9.17, 15) is 14.4 Å². The van der Waals surface area contributed by atoms with Crippen LogP contribution >= 0.6 is 0 Å². The lowest BCUT2D eigenvalue weighted by Crippen LogP contribution is -2.27. The number of pyridine rings is 1. The van der Waals surface area contributed by atoms with E-state index in [4.69, 9.17) is 9.15 Å². The Kier molecular flexibility index (Phi) is 4.79. The number of carbonyl (C=O) groups is 1. The smallest absolute Gasteiger partial charge is 0.414 e. The summed E-state index contributed by atoms with van der Waals surface area (Å²) in [6, 6.07) is 8.24. The van der Waals surface area contributed by atoms with Gasteiger partial charge >= 0.3 is 11.7 Å². The molecule has 0 aliphatic heterocycles. The molecule has 26 heavy (non-hydrogen) atoms. The van der Waals surface area contributed by atoms with Gasteiger partial charge in [0.25, 0.3) is 5.56 Å². The highest BCUT2D eigenvalue weighted by atomic mass is 16.6. The summed E-state index contributed by atoms with van der Waals surface area (Å²) in [6.07, 6.45) is 1.06. The number of amides is 1. The van der Waals surface area contributed by atoms with E-state index in [1.165, 1.54) is 19.0 Å². The lowest BCUT2D eigenvalue weighted by Gasteiger charge is -2.15. The molecule has 1 amide bonds. The third-order valence-electron chi connectivity index (χ3n) is 4.12. The summed E-state index contributed by atoms with van der Waals surface area (Å²) in [5.41, 5.74) is -0.225. The molecule has 3 aromatic rings. The van der Waals surface area contributed by atoms with Crippen LogP contribution in [0.4, 0.5) is 4.79 Å². The molecule has 0 radical (unpaired) electrons. The summed E-state index contributed by atoms with van der Waals surface area (Å²) < 4.78 is 12.2. The molecule has 7 heteroatoms. The van der Waals surface area contributed by atoms with Gasteiger partial charge in [0.15, 0.2) is 11.3 Å². The van der Waals surface area contributed by atoms with Crippen LogP contribution < -0.4 is 15.9 Å². The maximum atomic E-state index is 13.1. The number of hydrogen-bond donors (Lipinski definition) is 0. The average molecular weight is 356 g/mol. The first-order chi connectivity index (χ1) is 12.4. The van der Waals surface area contributed by atoms with Crippen molar-refractivity contribution in [2.75, 3.05) is 14.1 Å². The van der Waals surface area contributed by atoms with Crippen LogP contribution in [0.15, 0.2) is 44.3 Å². The fourth-order valence-electron chi connectivity index (χ4n) is 2.81. The van der Waals surface area contributed by atoms with Crippen molar-refractivity contribution in [1.29, 1.82) is 0 Å². The molecule has 3 rings (SSSR count). The monoisotopic (exact) mass is 356 g/mol. The Bertz CT molecular complexity index is 1090. The van der Waals surface area contributed by atoms with Gasteiger partial charge in [0.05, 0.1) is 11.6 Å². The van der Waals surface area contributed by atoms with Gasteiger partial charge in [-0.05, 0) is 18.6 Å². The van der Waals surface area contributed by atoms with Gasteiger partial charge < -0.3 is 18.6 Å². The summed E-state index contributed by atoms with van der Waals surface area (Å²) >= 11 is 0. The van der Waals surface area contributed by atoms with Crippen LogP contribution in [-0.4, -0.2) is 29.7 Å². The van der Waals surface area contributed by atoms with E-state index in [0.29, 0.717) is 17.4 Å². The van der Waals surface area contributed by atoms with Gasteiger partial charge in [-0.2, -0.15) is 0 Å². The lowest BCUT2D eigenvalue weighted by molar-refractivity contribution is 0.172. The Labute approximate surface area is 149 Å². The Hall–Kier alpha value is -3.09. The molecule has 0 fully saturated rings. The molecule has 7 nitrogen and oxygen atoms in total. The van der Waals surface area contributed by atoms with E-state index in [1.807, 2.05) is 19.1 Å². The van der Waals surface area contributed by atoms with E-state index in [-0.39, 0.29) is 22.3 Å². The van der Waals surface area contributed by atoms with Crippen LogP contribution in [0.3, 0.4) is 0 Å². The summed E-state index contributed by atoms with van der Waals surface area (Å²) in [6.45, 7) is 2.56. The van der Waals surface area contributed by atoms with Gasteiger partial charge in [0.1, 0.15) is 5.39 Å². The Morgan fingerprint density at radius 2 is 1.96 bits per heavy atom. The fraction of sp³-hybridized carbons (Fsp3) is 0.316. The molecule has 136 valence electrons. The molecular formula is C19H20N2O5. The van der Waals surface area contributed by atoms with Gasteiger partial charge in [-0.25, -0.2) is 9.59 Å². The molecule has 0 saturated heterocycles. The summed E-state index contributed by atoms with van der Waals surface area (Å²) in [5.74, 6) is -0.0871. The van der Waals surface area contributed by atoms with Crippen molar-refractivity contribution in [3.63, 3.8) is 0 Å². The number of para-hydroxylation sites is 1. The summed E-state index contributed by atoms with van der Waals surface area (Å²) in [5, 5.41) is 0.715. The van der Waals surface area contributed by atoms with Gasteiger partial charge in [-0.3, -0.25) is 4.79 Å². The fourth-order valence-corrected chi connectivity index (χ4v) is 2.81. The normalized spacial score (nSPS) is 11.0. The number of hydrogen-bond acceptors (Lipinski definition) is 5. The average Bonchev–Trinajstić information content (AvgIpc) is 2.61. The van der Waals surface area contributed by atoms with E-state index in [1.54, 1.807) is 16.7 Å². The van der Waals surface area contributed by atoms with E-state index in [0.717, 1.165) is 18.9 Å². The molecule has 0 aliphatic rings. The van der Waals surface area contributed by atoms with Crippen LogP contribution in [0.1, 0.15) is 19.8 Å². The second-order valence-electron chi connectivity index (χ2n) is 6.22. The molecule has 2 aromatic heterocycles. The number of unbranched alkanes of at least 4 members (excludes halogenated alkanes) is 1. The third-order valence-corrected chi connectivity index (χ3v) is 4.12. The zero-order valence-electron chi connectivity index (χ0n) is 14.9. The number of ether oxygens (including phenoxy) is 1. The number of aryl methyl sites for hydroxylation is 1. The van der Waals surface area contributed by atoms with Crippen molar-refractivity contribution in [2.24, 2.45) is 0 Å². The predicted octanol–water partition coefficient (Wildman–Crippen LogP) is 2.97. The third kappa shape index (κ3) is 3.08. The minimum Gasteiger partial charge on any atom is -0.422 e. The Balaban J connectivity index is 2.40. The number of aromatic nitrogens is 1. The molecule has 0 spiro atoms. The number of rotatable bonds is 4. The summed E-state index contributed by atoms with van der Waals surface area (Å²) in [4.78, 5) is 38.3. The minimum absolute atomic E-state index is 0.0871. The molecule has 0 saturated carbocycles. The summed E-state index contributed by atoms with van der Waals surface area (Å²) in [7, 11) is 3.04. The minimum atomic E-state index is -0.685. The molecule has 0 N–H and O–H groups in total. The van der Waals surface area contributed by atoms with Crippen molar-refractivity contribution in [3.05, 3.63) is 51.1 Å². The maximum absolute atomic E-state index is 13.1. The lowest BCUT2D eigenvalue weighted by atomic mass is 10.1. The van der Waals surface area contributed by atoms with Crippen LogP contribution in [0.2, 0.25) is 0 Å². The van der Waals surface area contributed by atoms with Crippen LogP contribution in [0.25, 0.3) is 21.9 Å². The first-order valence-corrected chi connectivity index (χ1v) is 8.42. The molecule has 0 atom stereocenters. The van der Waals surface area contributed by atoms with Crippen molar-refractivity contribution < 1.29 is 13.9 Å². The largest absolute Gasteiger partial charge is 0.422 e. The zero-order chi connectivity index (χ0) is 18.8. The van der Waals surface area contributed by atoms with Crippen LogP contribution in [-0.2, 0) is 6.54 Å². The highest BCUT2D eigenvalue weighted by Crippen LogP contribution is 2.28. The van der Waals surface area contributed by atoms with E-state index >= 15 is 0 Å². The highest BCUT2D eigenvalue weighted by molar-refractivity contribution is 6.04. The van der Waals surface area contributed by atoms with E-state index < -0.39 is 11.7 Å². The zero-order valence-corrected chi connectivity index (χ0v) is 14.9. The first kappa shape index (κ1) is 17.7. The second-order valence-corrected chi connectivity index (χ2v) is 6.22. The van der Waals surface area contributed by atoms with Crippen molar-refractivity contribution >= 4 is 28.0 Å². The standard InChI is InChI=1S/C19H20N2O5/c1-4-5-10-21-13-9-7-6-8-12(13)17-16(18(21)23)14(11-15(22)26-17)25-19(24)20(2)3/h6-9,11H,4-5,10H2,1-3H3. The van der Waals surface area contributed by atoms with Gasteiger partial charge in [-0.1, -0.05) is 25.5 Å². The Morgan fingerprint density at radius 3 is 2.65 bits per heavy atom. The maximum Gasteiger partial charge on any atom is 0.414 e. The first-order valence-electron chi connectivity index (χ1n) is 8.42. The molecule has 1 aromatic carbocycles.